The quantitative estimate of drug-likeness (QED) is 0.681. The molecule has 0 aliphatic carbocycles. The first-order valence-corrected chi connectivity index (χ1v) is 8.36. The van der Waals surface area contributed by atoms with Crippen molar-refractivity contribution in [1.82, 2.24) is 5.32 Å². The fraction of sp³-hybridized carbons (Fsp3) is 0.647. The second-order valence-corrected chi connectivity index (χ2v) is 7.88. The van der Waals surface area contributed by atoms with Gasteiger partial charge in [-0.2, -0.15) is 0 Å². The first-order valence-electron chi connectivity index (χ1n) is 7.28. The van der Waals surface area contributed by atoms with Crippen molar-refractivity contribution in [2.24, 2.45) is 17.3 Å². The van der Waals surface area contributed by atoms with Crippen LogP contribution >= 0.6 is 22.6 Å². The summed E-state index contributed by atoms with van der Waals surface area (Å²) in [6, 6.07) is 8.95. The third-order valence-electron chi connectivity index (χ3n) is 4.00. The van der Waals surface area contributed by atoms with Gasteiger partial charge in [0.05, 0.1) is 0 Å². The molecule has 0 saturated heterocycles. The largest absolute Gasteiger partial charge is 0.316 e. The zero-order valence-electron chi connectivity index (χ0n) is 13.0. The summed E-state index contributed by atoms with van der Waals surface area (Å²) in [6.07, 6.45) is 1.15. The summed E-state index contributed by atoms with van der Waals surface area (Å²) >= 11 is 2.36. The fourth-order valence-corrected chi connectivity index (χ4v) is 2.55. The van der Waals surface area contributed by atoms with Gasteiger partial charge in [-0.1, -0.05) is 46.8 Å². The van der Waals surface area contributed by atoms with E-state index < -0.39 is 0 Å². The lowest BCUT2D eigenvalue weighted by Crippen LogP contribution is -2.39. The summed E-state index contributed by atoms with van der Waals surface area (Å²) in [5.41, 5.74) is 1.77. The molecule has 0 bridgehead atoms. The zero-order chi connectivity index (χ0) is 14.5. The highest BCUT2D eigenvalue weighted by Crippen LogP contribution is 2.31. The van der Waals surface area contributed by atoms with Crippen LogP contribution < -0.4 is 5.32 Å². The Balaban J connectivity index is 2.67. The Kier molecular flexibility index (Phi) is 6.81. The van der Waals surface area contributed by atoms with Gasteiger partial charge < -0.3 is 5.32 Å². The molecule has 1 unspecified atom stereocenters. The molecule has 0 aliphatic rings. The number of benzene rings is 1. The van der Waals surface area contributed by atoms with Crippen molar-refractivity contribution in [3.63, 3.8) is 0 Å². The predicted octanol–water partition coefficient (Wildman–Crippen LogP) is 4.74. The highest BCUT2D eigenvalue weighted by molar-refractivity contribution is 14.1. The van der Waals surface area contributed by atoms with E-state index in [1.165, 1.54) is 9.13 Å². The minimum absolute atomic E-state index is 0.321. The van der Waals surface area contributed by atoms with Crippen LogP contribution in [0.2, 0.25) is 0 Å². The maximum Gasteiger partial charge on any atom is 0.0130 e. The van der Waals surface area contributed by atoms with Crippen molar-refractivity contribution in [3.8, 4) is 0 Å². The number of hydrogen-bond donors (Lipinski definition) is 1. The van der Waals surface area contributed by atoms with Crippen LogP contribution in [-0.2, 0) is 6.42 Å². The van der Waals surface area contributed by atoms with E-state index in [-0.39, 0.29) is 0 Å². The summed E-state index contributed by atoms with van der Waals surface area (Å²) in [5, 5.41) is 3.64. The van der Waals surface area contributed by atoms with E-state index in [4.69, 9.17) is 0 Å². The molecule has 0 aliphatic heterocycles. The molecule has 1 N–H and O–H groups in total. The van der Waals surface area contributed by atoms with Crippen LogP contribution in [0.15, 0.2) is 24.3 Å². The molecule has 1 atom stereocenters. The van der Waals surface area contributed by atoms with Crippen LogP contribution in [0.1, 0.15) is 40.2 Å². The van der Waals surface area contributed by atoms with Crippen LogP contribution in [-0.4, -0.2) is 13.1 Å². The maximum atomic E-state index is 3.64. The van der Waals surface area contributed by atoms with Crippen molar-refractivity contribution in [2.75, 3.05) is 13.1 Å². The minimum atomic E-state index is 0.321. The summed E-state index contributed by atoms with van der Waals surface area (Å²) in [5.74, 6) is 1.39. The topological polar surface area (TPSA) is 12.0 Å². The molecule has 0 saturated carbocycles. The lowest BCUT2D eigenvalue weighted by molar-refractivity contribution is 0.205. The van der Waals surface area contributed by atoms with Crippen molar-refractivity contribution in [3.05, 3.63) is 33.4 Å². The van der Waals surface area contributed by atoms with E-state index in [0.717, 1.165) is 25.4 Å². The Morgan fingerprint density at radius 3 is 2.16 bits per heavy atom. The summed E-state index contributed by atoms with van der Waals surface area (Å²) < 4.78 is 1.31. The van der Waals surface area contributed by atoms with Gasteiger partial charge in [0.15, 0.2) is 0 Å². The second-order valence-electron chi connectivity index (χ2n) is 6.64. The average Bonchev–Trinajstić information content (AvgIpc) is 2.31. The monoisotopic (exact) mass is 373 g/mol. The lowest BCUT2D eigenvalue weighted by Gasteiger charge is -2.35. The van der Waals surface area contributed by atoms with Gasteiger partial charge in [0, 0.05) is 10.1 Å². The molecule has 0 radical (unpaired) electrons. The molecule has 0 heterocycles. The molecule has 0 aromatic heterocycles. The van der Waals surface area contributed by atoms with Gasteiger partial charge in [-0.15, -0.1) is 0 Å². The van der Waals surface area contributed by atoms with E-state index in [1.54, 1.807) is 0 Å². The number of nitrogens with one attached hydrogen (secondary N) is 1. The maximum absolute atomic E-state index is 3.64. The Bertz CT molecular complexity index is 369. The molecule has 0 fully saturated rings. The van der Waals surface area contributed by atoms with E-state index >= 15 is 0 Å². The Hall–Kier alpha value is -0.0900. The molecule has 1 nitrogen and oxygen atoms in total. The number of hydrogen-bond acceptors (Lipinski definition) is 1. The second kappa shape index (κ2) is 7.63. The fourth-order valence-electron chi connectivity index (χ4n) is 2.19. The molecule has 19 heavy (non-hydrogen) atoms. The standard InChI is InChI=1S/C17H28IN/c1-13(2)11-19-12-17(5,14(3)4)10-15-6-8-16(18)9-7-15/h6-9,13-14,19H,10-12H2,1-5H3. The molecule has 1 rings (SSSR count). The summed E-state index contributed by atoms with van der Waals surface area (Å²) in [6.45, 7) is 13.8. The Labute approximate surface area is 132 Å². The van der Waals surface area contributed by atoms with Crippen molar-refractivity contribution < 1.29 is 0 Å². The van der Waals surface area contributed by atoms with Crippen LogP contribution in [0.4, 0.5) is 0 Å². The molecule has 0 spiro atoms. The molecule has 108 valence electrons. The van der Waals surface area contributed by atoms with E-state index in [9.17, 15) is 0 Å². The third kappa shape index (κ3) is 5.82. The SMILES string of the molecule is CC(C)CNCC(C)(Cc1ccc(I)cc1)C(C)C. The van der Waals surface area contributed by atoms with Gasteiger partial charge in [0.25, 0.3) is 0 Å². The molecule has 1 aromatic carbocycles. The first-order chi connectivity index (χ1) is 8.83. The van der Waals surface area contributed by atoms with Gasteiger partial charge in [0.2, 0.25) is 0 Å². The van der Waals surface area contributed by atoms with Crippen molar-refractivity contribution in [2.45, 2.75) is 41.0 Å². The van der Waals surface area contributed by atoms with Crippen LogP contribution in [0.25, 0.3) is 0 Å². The molecule has 1 aromatic rings. The molecule has 0 amide bonds. The third-order valence-corrected chi connectivity index (χ3v) is 4.72. The Morgan fingerprint density at radius 2 is 1.68 bits per heavy atom. The number of halogens is 1. The normalized spacial score (nSPS) is 14.9. The van der Waals surface area contributed by atoms with Gasteiger partial charge in [-0.25, -0.2) is 0 Å². The smallest absolute Gasteiger partial charge is 0.0130 e. The van der Waals surface area contributed by atoms with Gasteiger partial charge in [-0.05, 0) is 70.5 Å². The first kappa shape index (κ1) is 17.0. The summed E-state index contributed by atoms with van der Waals surface area (Å²) in [7, 11) is 0. The summed E-state index contributed by atoms with van der Waals surface area (Å²) in [4.78, 5) is 0. The Morgan fingerprint density at radius 1 is 1.11 bits per heavy atom. The van der Waals surface area contributed by atoms with Gasteiger partial charge in [0.1, 0.15) is 0 Å². The highest BCUT2D eigenvalue weighted by atomic mass is 127. The van der Waals surface area contributed by atoms with Crippen LogP contribution in [0.5, 0.6) is 0 Å². The van der Waals surface area contributed by atoms with Gasteiger partial charge in [-0.3, -0.25) is 0 Å². The molecular weight excluding hydrogens is 345 g/mol. The minimum Gasteiger partial charge on any atom is -0.316 e. The van der Waals surface area contributed by atoms with Crippen molar-refractivity contribution in [1.29, 1.82) is 0 Å². The van der Waals surface area contributed by atoms with Crippen LogP contribution in [0.3, 0.4) is 0 Å². The van der Waals surface area contributed by atoms with Gasteiger partial charge >= 0.3 is 0 Å². The highest BCUT2D eigenvalue weighted by Gasteiger charge is 2.28. The lowest BCUT2D eigenvalue weighted by atomic mass is 9.74. The van der Waals surface area contributed by atoms with Crippen molar-refractivity contribution >= 4 is 22.6 Å². The molecule has 2 heteroatoms. The predicted molar refractivity (Wildman–Crippen MR) is 93.5 cm³/mol. The zero-order valence-corrected chi connectivity index (χ0v) is 15.1. The van der Waals surface area contributed by atoms with E-state index in [1.807, 2.05) is 0 Å². The molecular formula is C17H28IN. The van der Waals surface area contributed by atoms with E-state index in [2.05, 4.69) is 86.8 Å². The average molecular weight is 373 g/mol. The van der Waals surface area contributed by atoms with E-state index in [0.29, 0.717) is 11.3 Å². The number of rotatable bonds is 7. The van der Waals surface area contributed by atoms with Crippen LogP contribution in [0, 0.1) is 20.8 Å².